The molecule has 0 spiro atoms. The van der Waals surface area contributed by atoms with Gasteiger partial charge in [0.1, 0.15) is 19.6 Å². The van der Waals surface area contributed by atoms with Crippen LogP contribution in [0, 0.1) is 5.92 Å². The average molecular weight is 199 g/mol. The summed E-state index contributed by atoms with van der Waals surface area (Å²) in [6, 6.07) is 0.399. The summed E-state index contributed by atoms with van der Waals surface area (Å²) in [4.78, 5) is 0. The second-order valence-corrected chi connectivity index (χ2v) is 5.22. The number of nitrogens with zero attached hydrogens (tertiary/aromatic N) is 1. The first kappa shape index (κ1) is 10.4. The molecule has 3 N–H and O–H groups in total. The molecule has 2 fully saturated rings. The van der Waals surface area contributed by atoms with Gasteiger partial charge in [0.15, 0.2) is 0 Å². The number of hydroxylamine groups is 3. The van der Waals surface area contributed by atoms with Crippen LogP contribution < -0.4 is 5.73 Å². The number of piperidine rings is 1. The maximum absolute atomic E-state index is 10.3. The van der Waals surface area contributed by atoms with Gasteiger partial charge in [0, 0.05) is 12.0 Å². The van der Waals surface area contributed by atoms with E-state index in [1.807, 2.05) is 0 Å². The first-order chi connectivity index (χ1) is 6.68. The second kappa shape index (κ2) is 4.17. The summed E-state index contributed by atoms with van der Waals surface area (Å²) in [7, 11) is 0. The number of likely N-dealkylation sites (tertiary alicyclic amines) is 1. The van der Waals surface area contributed by atoms with Gasteiger partial charge in [-0.1, -0.05) is 0 Å². The van der Waals surface area contributed by atoms with Crippen molar-refractivity contribution < 1.29 is 9.85 Å². The molecule has 0 radical (unpaired) electrons. The maximum atomic E-state index is 10.3. The fraction of sp³-hybridized carbons (Fsp3) is 1.00. The Balaban J connectivity index is 1.83. The Bertz CT molecular complexity index is 190. The molecular formula is C11H23N2O+. The Labute approximate surface area is 86.4 Å². The van der Waals surface area contributed by atoms with Crippen molar-refractivity contribution in [3.63, 3.8) is 0 Å². The first-order valence-corrected chi connectivity index (χ1v) is 6.02. The van der Waals surface area contributed by atoms with Gasteiger partial charge in [0.2, 0.25) is 0 Å². The largest absolute Gasteiger partial charge is 0.328 e. The molecule has 2 rings (SSSR count). The van der Waals surface area contributed by atoms with Crippen LogP contribution in [0.4, 0.5) is 0 Å². The molecule has 0 aromatic rings. The van der Waals surface area contributed by atoms with Crippen LogP contribution >= 0.6 is 0 Å². The molecule has 3 nitrogen and oxygen atoms in total. The summed E-state index contributed by atoms with van der Waals surface area (Å²) in [5, 5.41) is 10.3. The van der Waals surface area contributed by atoms with E-state index in [9.17, 15) is 5.21 Å². The first-order valence-electron chi connectivity index (χ1n) is 6.02. The zero-order valence-electron chi connectivity index (χ0n) is 8.99. The van der Waals surface area contributed by atoms with Crippen molar-refractivity contribution in [2.75, 3.05) is 19.6 Å². The Morgan fingerprint density at radius 2 is 1.86 bits per heavy atom. The lowest BCUT2D eigenvalue weighted by molar-refractivity contribution is -1.11. The van der Waals surface area contributed by atoms with Gasteiger partial charge in [-0.25, -0.2) is 5.21 Å². The van der Waals surface area contributed by atoms with E-state index in [1.54, 1.807) is 0 Å². The van der Waals surface area contributed by atoms with Crippen LogP contribution in [0.1, 0.15) is 38.5 Å². The normalized spacial score (nSPS) is 37.3. The van der Waals surface area contributed by atoms with E-state index in [1.165, 1.54) is 25.7 Å². The van der Waals surface area contributed by atoms with Gasteiger partial charge >= 0.3 is 0 Å². The summed E-state index contributed by atoms with van der Waals surface area (Å²) in [5.41, 5.74) is 5.88. The molecular weight excluding hydrogens is 176 g/mol. The molecule has 0 aromatic carbocycles. The minimum atomic E-state index is 0.331. The molecule has 1 aliphatic heterocycles. The molecule has 0 aromatic heterocycles. The zero-order chi connectivity index (χ0) is 10.0. The minimum Gasteiger partial charge on any atom is -0.328 e. The van der Waals surface area contributed by atoms with Gasteiger partial charge in [-0.05, 0) is 38.5 Å². The Morgan fingerprint density at radius 1 is 1.14 bits per heavy atom. The third-order valence-electron chi connectivity index (χ3n) is 3.83. The van der Waals surface area contributed by atoms with Crippen LogP contribution in [0.3, 0.4) is 0 Å². The van der Waals surface area contributed by atoms with Gasteiger partial charge in [-0.15, -0.1) is 0 Å². The standard InChI is InChI=1S/C11H23N2O/c12-11-5-4-10(8-11)9-13(14)6-2-1-3-7-13/h10-11,14H,1-9,12H2/q+1. The van der Waals surface area contributed by atoms with Crippen LogP contribution in [0.15, 0.2) is 0 Å². The summed E-state index contributed by atoms with van der Waals surface area (Å²) in [5.74, 6) is 0.674. The van der Waals surface area contributed by atoms with E-state index in [0.717, 1.165) is 32.5 Å². The van der Waals surface area contributed by atoms with E-state index >= 15 is 0 Å². The smallest absolute Gasteiger partial charge is 0.112 e. The quantitative estimate of drug-likeness (QED) is 0.662. The van der Waals surface area contributed by atoms with Crippen molar-refractivity contribution in [3.05, 3.63) is 0 Å². The molecule has 1 saturated heterocycles. The molecule has 2 aliphatic rings. The minimum absolute atomic E-state index is 0.331. The number of quaternary nitrogens is 1. The predicted octanol–water partition coefficient (Wildman–Crippen LogP) is 1.50. The van der Waals surface area contributed by atoms with Crippen molar-refractivity contribution in [3.8, 4) is 0 Å². The lowest BCUT2D eigenvalue weighted by atomic mass is 10.0. The molecule has 0 bridgehead atoms. The van der Waals surface area contributed by atoms with Gasteiger partial charge in [-0.2, -0.15) is 4.65 Å². The maximum Gasteiger partial charge on any atom is 0.112 e. The molecule has 2 unspecified atom stereocenters. The van der Waals surface area contributed by atoms with Gasteiger partial charge in [-0.3, -0.25) is 0 Å². The molecule has 1 saturated carbocycles. The van der Waals surface area contributed by atoms with E-state index in [-0.39, 0.29) is 0 Å². The molecule has 0 amide bonds. The van der Waals surface area contributed by atoms with Crippen LogP contribution in [0.5, 0.6) is 0 Å². The monoisotopic (exact) mass is 199 g/mol. The van der Waals surface area contributed by atoms with Gasteiger partial charge in [0.05, 0.1) is 0 Å². The molecule has 1 heterocycles. The zero-order valence-corrected chi connectivity index (χ0v) is 8.99. The Hall–Kier alpha value is -0.120. The third-order valence-corrected chi connectivity index (χ3v) is 3.83. The lowest BCUT2D eigenvalue weighted by Crippen LogP contribution is -2.51. The second-order valence-electron chi connectivity index (χ2n) is 5.22. The van der Waals surface area contributed by atoms with Crippen molar-refractivity contribution >= 4 is 0 Å². The highest BCUT2D eigenvalue weighted by Crippen LogP contribution is 2.28. The topological polar surface area (TPSA) is 46.2 Å². The van der Waals surface area contributed by atoms with E-state index in [2.05, 4.69) is 0 Å². The van der Waals surface area contributed by atoms with E-state index in [4.69, 9.17) is 5.73 Å². The van der Waals surface area contributed by atoms with Crippen LogP contribution in [-0.2, 0) is 0 Å². The molecule has 3 heteroatoms. The predicted molar refractivity (Wildman–Crippen MR) is 55.8 cm³/mol. The summed E-state index contributed by atoms with van der Waals surface area (Å²) < 4.78 is 0.331. The number of rotatable bonds is 2. The Morgan fingerprint density at radius 3 is 2.43 bits per heavy atom. The van der Waals surface area contributed by atoms with Gasteiger partial charge in [0.25, 0.3) is 0 Å². The fourth-order valence-electron chi connectivity index (χ4n) is 3.04. The fourth-order valence-corrected chi connectivity index (χ4v) is 3.04. The van der Waals surface area contributed by atoms with Crippen LogP contribution in [0.25, 0.3) is 0 Å². The molecule has 82 valence electrons. The average Bonchev–Trinajstić information content (AvgIpc) is 2.51. The highest BCUT2D eigenvalue weighted by Gasteiger charge is 2.34. The molecule has 2 atom stereocenters. The summed E-state index contributed by atoms with van der Waals surface area (Å²) >= 11 is 0. The number of hydrogen-bond acceptors (Lipinski definition) is 2. The number of hydrogen-bond donors (Lipinski definition) is 2. The van der Waals surface area contributed by atoms with E-state index < -0.39 is 0 Å². The summed E-state index contributed by atoms with van der Waals surface area (Å²) in [6.07, 6.45) is 7.18. The third kappa shape index (κ3) is 2.47. The molecule has 1 aliphatic carbocycles. The van der Waals surface area contributed by atoms with Crippen molar-refractivity contribution in [1.29, 1.82) is 0 Å². The van der Waals surface area contributed by atoms with E-state index in [0.29, 0.717) is 16.6 Å². The van der Waals surface area contributed by atoms with Gasteiger partial charge < -0.3 is 5.73 Å². The highest BCUT2D eigenvalue weighted by molar-refractivity contribution is 4.77. The summed E-state index contributed by atoms with van der Waals surface area (Å²) in [6.45, 7) is 2.88. The van der Waals surface area contributed by atoms with Crippen LogP contribution in [-0.4, -0.2) is 35.5 Å². The van der Waals surface area contributed by atoms with Crippen molar-refractivity contribution in [2.45, 2.75) is 44.6 Å². The Kier molecular flexibility index (Phi) is 3.10. The SMILES string of the molecule is NC1CCC(C[N+]2(O)CCCCC2)C1. The number of nitrogens with two attached hydrogens (primary N) is 1. The lowest BCUT2D eigenvalue weighted by Gasteiger charge is -2.35. The highest BCUT2D eigenvalue weighted by atomic mass is 16.5. The molecule has 14 heavy (non-hydrogen) atoms. The van der Waals surface area contributed by atoms with Crippen LogP contribution in [0.2, 0.25) is 0 Å². The van der Waals surface area contributed by atoms with Crippen molar-refractivity contribution in [2.24, 2.45) is 11.7 Å². The van der Waals surface area contributed by atoms with Crippen molar-refractivity contribution in [1.82, 2.24) is 0 Å².